The summed E-state index contributed by atoms with van der Waals surface area (Å²) in [5, 5.41) is 2.57. The molecule has 0 radical (unpaired) electrons. The minimum atomic E-state index is -3.92. The zero-order chi connectivity index (χ0) is 18.7. The molecule has 9 heteroatoms. The van der Waals surface area contributed by atoms with Crippen molar-refractivity contribution in [3.63, 3.8) is 0 Å². The Morgan fingerprint density at radius 3 is 2.62 bits per heavy atom. The Bertz CT molecular complexity index is 971. The lowest BCUT2D eigenvalue weighted by Gasteiger charge is -2.09. The number of Topliss-reactive ketones (excluding diaryl/α,β-unsaturated/α-hetero) is 1. The number of hydrogen-bond donors (Lipinski definition) is 2. The molecule has 26 heavy (non-hydrogen) atoms. The molecule has 0 aromatic heterocycles. The summed E-state index contributed by atoms with van der Waals surface area (Å²) in [6, 6.07) is 10.5. The molecule has 2 aromatic rings. The molecule has 0 fully saturated rings. The highest BCUT2D eigenvalue weighted by Crippen LogP contribution is 2.34. The Hall–Kier alpha value is -2.91. The highest BCUT2D eigenvalue weighted by Gasteiger charge is 2.18. The number of nitrogens with one attached hydrogen (secondary N) is 2. The Balaban J connectivity index is 1.63. The van der Waals surface area contributed by atoms with Crippen molar-refractivity contribution in [2.24, 2.45) is 0 Å². The van der Waals surface area contributed by atoms with Gasteiger partial charge in [-0.05, 0) is 31.2 Å². The van der Waals surface area contributed by atoms with E-state index in [0.717, 1.165) is 0 Å². The van der Waals surface area contributed by atoms with E-state index in [9.17, 15) is 18.0 Å². The summed E-state index contributed by atoms with van der Waals surface area (Å²) in [5.41, 5.74) is 0.731. The van der Waals surface area contributed by atoms with Gasteiger partial charge < -0.3 is 14.8 Å². The van der Waals surface area contributed by atoms with Crippen molar-refractivity contribution >= 4 is 27.4 Å². The number of anilines is 1. The van der Waals surface area contributed by atoms with Gasteiger partial charge in [-0.1, -0.05) is 12.1 Å². The number of ether oxygens (including phenoxy) is 2. The van der Waals surface area contributed by atoms with E-state index in [0.29, 0.717) is 17.2 Å². The van der Waals surface area contributed by atoms with Gasteiger partial charge in [0.05, 0.1) is 11.4 Å². The van der Waals surface area contributed by atoms with Crippen LogP contribution in [0.15, 0.2) is 47.4 Å². The highest BCUT2D eigenvalue weighted by atomic mass is 32.2. The average molecular weight is 376 g/mol. The maximum atomic E-state index is 12.3. The van der Waals surface area contributed by atoms with Gasteiger partial charge in [-0.3, -0.25) is 9.59 Å². The fraction of sp³-hybridized carbons (Fsp3) is 0.176. The molecule has 0 unspecified atom stereocenters. The molecule has 136 valence electrons. The molecule has 0 bridgehead atoms. The number of sulfonamides is 1. The first kappa shape index (κ1) is 17.9. The number of carbonyl (C=O) groups is 2. The van der Waals surface area contributed by atoms with E-state index in [-0.39, 0.29) is 23.0 Å². The number of fused-ring (bicyclic) bond motifs is 1. The number of benzene rings is 2. The molecule has 2 aromatic carbocycles. The monoisotopic (exact) mass is 376 g/mol. The molecule has 1 amide bonds. The summed E-state index contributed by atoms with van der Waals surface area (Å²) in [6.45, 7) is 1.00. The average Bonchev–Trinajstić information content (AvgIpc) is 3.08. The van der Waals surface area contributed by atoms with E-state index in [1.165, 1.54) is 31.2 Å². The maximum absolute atomic E-state index is 12.3. The van der Waals surface area contributed by atoms with E-state index in [1.807, 2.05) is 0 Å². The van der Waals surface area contributed by atoms with Gasteiger partial charge in [0.2, 0.25) is 22.7 Å². The van der Waals surface area contributed by atoms with Crippen molar-refractivity contribution in [1.82, 2.24) is 4.72 Å². The first-order valence-electron chi connectivity index (χ1n) is 7.65. The van der Waals surface area contributed by atoms with Crippen LogP contribution in [-0.2, 0) is 14.8 Å². The smallest absolute Gasteiger partial charge is 0.241 e. The van der Waals surface area contributed by atoms with Gasteiger partial charge >= 0.3 is 0 Å². The highest BCUT2D eigenvalue weighted by molar-refractivity contribution is 7.89. The topological polar surface area (TPSA) is 111 Å². The Morgan fingerprint density at radius 1 is 1.08 bits per heavy atom. The third-order valence-corrected chi connectivity index (χ3v) is 5.03. The minimum Gasteiger partial charge on any atom is -0.454 e. The Morgan fingerprint density at radius 2 is 1.85 bits per heavy atom. The van der Waals surface area contributed by atoms with Crippen LogP contribution in [0.3, 0.4) is 0 Å². The van der Waals surface area contributed by atoms with Crippen LogP contribution in [0.25, 0.3) is 0 Å². The maximum Gasteiger partial charge on any atom is 0.241 e. The van der Waals surface area contributed by atoms with Crippen molar-refractivity contribution in [2.45, 2.75) is 11.8 Å². The number of carbonyl (C=O) groups excluding carboxylic acids is 2. The predicted molar refractivity (Wildman–Crippen MR) is 92.8 cm³/mol. The van der Waals surface area contributed by atoms with E-state index in [4.69, 9.17) is 9.47 Å². The van der Waals surface area contributed by atoms with Gasteiger partial charge in [0, 0.05) is 17.3 Å². The number of ketones is 1. The molecule has 0 spiro atoms. The van der Waals surface area contributed by atoms with Crippen molar-refractivity contribution in [3.8, 4) is 11.5 Å². The van der Waals surface area contributed by atoms with Gasteiger partial charge in [-0.2, -0.15) is 0 Å². The third-order valence-electron chi connectivity index (χ3n) is 3.63. The molecule has 1 heterocycles. The lowest BCUT2D eigenvalue weighted by Crippen LogP contribution is -2.33. The summed E-state index contributed by atoms with van der Waals surface area (Å²) < 4.78 is 37.1. The lowest BCUT2D eigenvalue weighted by molar-refractivity contribution is -0.115. The molecule has 1 aliphatic heterocycles. The minimum absolute atomic E-state index is 0.0823. The number of amides is 1. The summed E-state index contributed by atoms with van der Waals surface area (Å²) >= 11 is 0. The third kappa shape index (κ3) is 4.01. The fourth-order valence-corrected chi connectivity index (χ4v) is 3.33. The number of hydrogen-bond acceptors (Lipinski definition) is 6. The van der Waals surface area contributed by atoms with E-state index in [2.05, 4.69) is 10.0 Å². The van der Waals surface area contributed by atoms with Crippen LogP contribution in [0.5, 0.6) is 11.5 Å². The number of rotatable bonds is 6. The van der Waals surface area contributed by atoms with E-state index in [1.54, 1.807) is 18.2 Å². The summed E-state index contributed by atoms with van der Waals surface area (Å²) in [6.07, 6.45) is 0. The zero-order valence-corrected chi connectivity index (χ0v) is 14.6. The summed E-state index contributed by atoms with van der Waals surface area (Å²) in [7, 11) is -3.92. The zero-order valence-electron chi connectivity index (χ0n) is 13.8. The molecule has 2 N–H and O–H groups in total. The molecule has 3 rings (SSSR count). The molecule has 1 aliphatic rings. The second kappa shape index (κ2) is 7.14. The van der Waals surface area contributed by atoms with Crippen LogP contribution in [0.4, 0.5) is 5.69 Å². The molecule has 0 aliphatic carbocycles. The SMILES string of the molecule is CC(=O)c1cccc(S(=O)(=O)NCC(=O)Nc2ccc3c(c2)OCO3)c1. The van der Waals surface area contributed by atoms with Crippen molar-refractivity contribution in [2.75, 3.05) is 18.7 Å². The van der Waals surface area contributed by atoms with Gasteiger partial charge in [0.15, 0.2) is 17.3 Å². The van der Waals surface area contributed by atoms with E-state index < -0.39 is 22.5 Å². The van der Waals surface area contributed by atoms with Crippen LogP contribution in [0.1, 0.15) is 17.3 Å². The van der Waals surface area contributed by atoms with Gasteiger partial charge in [0.1, 0.15) is 0 Å². The van der Waals surface area contributed by atoms with Crippen LogP contribution >= 0.6 is 0 Å². The largest absolute Gasteiger partial charge is 0.454 e. The summed E-state index contributed by atoms with van der Waals surface area (Å²) in [4.78, 5) is 23.3. The molecular weight excluding hydrogens is 360 g/mol. The first-order valence-corrected chi connectivity index (χ1v) is 9.14. The molecule has 0 saturated heterocycles. The second-order valence-electron chi connectivity index (χ2n) is 5.52. The van der Waals surface area contributed by atoms with Gasteiger partial charge in [-0.15, -0.1) is 0 Å². The second-order valence-corrected chi connectivity index (χ2v) is 7.29. The molecular formula is C17H16N2O6S. The van der Waals surface area contributed by atoms with Crippen molar-refractivity contribution < 1.29 is 27.5 Å². The normalized spacial score (nSPS) is 12.7. The molecule has 0 atom stereocenters. The van der Waals surface area contributed by atoms with Gasteiger partial charge in [0.25, 0.3) is 0 Å². The van der Waals surface area contributed by atoms with Gasteiger partial charge in [-0.25, -0.2) is 13.1 Å². The standard InChI is InChI=1S/C17H16N2O6S/c1-11(20)12-3-2-4-14(7-12)26(22,23)18-9-17(21)19-13-5-6-15-16(8-13)25-10-24-15/h2-8,18H,9-10H2,1H3,(H,19,21). The fourth-order valence-electron chi connectivity index (χ4n) is 2.31. The Labute approximate surface area is 150 Å². The van der Waals surface area contributed by atoms with Crippen LogP contribution < -0.4 is 19.5 Å². The lowest BCUT2D eigenvalue weighted by atomic mass is 10.2. The van der Waals surface area contributed by atoms with Crippen LogP contribution in [0, 0.1) is 0 Å². The molecule has 8 nitrogen and oxygen atoms in total. The van der Waals surface area contributed by atoms with Crippen molar-refractivity contribution in [3.05, 3.63) is 48.0 Å². The first-order chi connectivity index (χ1) is 12.3. The van der Waals surface area contributed by atoms with Crippen molar-refractivity contribution in [1.29, 1.82) is 0 Å². The molecule has 0 saturated carbocycles. The Kier molecular flexibility index (Phi) is 4.92. The summed E-state index contributed by atoms with van der Waals surface area (Å²) in [5.74, 6) is 0.288. The van der Waals surface area contributed by atoms with Crippen LogP contribution in [-0.4, -0.2) is 33.4 Å². The van der Waals surface area contributed by atoms with E-state index >= 15 is 0 Å². The predicted octanol–water partition coefficient (Wildman–Crippen LogP) is 1.53. The quantitative estimate of drug-likeness (QED) is 0.740. The van der Waals surface area contributed by atoms with Crippen LogP contribution in [0.2, 0.25) is 0 Å².